The lowest BCUT2D eigenvalue weighted by atomic mass is 10.2. The minimum Gasteiger partial charge on any atom is -0.493 e. The van der Waals surface area contributed by atoms with Gasteiger partial charge in [0.1, 0.15) is 6.61 Å². The molecule has 0 aliphatic heterocycles. The van der Waals surface area contributed by atoms with Crippen molar-refractivity contribution in [2.45, 2.75) is 6.43 Å². The maximum absolute atomic E-state index is 11.9. The second-order valence-electron chi connectivity index (χ2n) is 2.93. The van der Waals surface area contributed by atoms with Crippen LogP contribution in [0.1, 0.15) is 10.4 Å². The third-order valence-electron chi connectivity index (χ3n) is 1.83. The van der Waals surface area contributed by atoms with Crippen LogP contribution in [-0.2, 0) is 4.94 Å². The zero-order chi connectivity index (χ0) is 12.8. The molecular weight excluding hydrogens is 241 g/mol. The molecule has 0 bridgehead atoms. The van der Waals surface area contributed by atoms with E-state index in [1.54, 1.807) is 0 Å². The summed E-state index contributed by atoms with van der Waals surface area (Å²) in [4.78, 5) is 13.9. The van der Waals surface area contributed by atoms with E-state index in [2.05, 4.69) is 4.94 Å². The summed E-state index contributed by atoms with van der Waals surface area (Å²) in [6, 6.07) is 3.52. The van der Waals surface area contributed by atoms with Gasteiger partial charge in [-0.05, 0) is 18.2 Å². The zero-order valence-electron chi connectivity index (χ0n) is 8.78. The van der Waals surface area contributed by atoms with Crippen molar-refractivity contribution < 1.29 is 32.5 Å². The Labute approximate surface area is 94.8 Å². The van der Waals surface area contributed by atoms with E-state index < -0.39 is 19.0 Å². The molecule has 0 aromatic heterocycles. The summed E-state index contributed by atoms with van der Waals surface area (Å²) in [5, 5.41) is 0. The fraction of sp³-hybridized carbons (Fsp3) is 0.300. The number of halogens is 3. The van der Waals surface area contributed by atoms with Crippen LogP contribution in [0.15, 0.2) is 18.2 Å². The maximum atomic E-state index is 11.9. The van der Waals surface area contributed by atoms with Crippen molar-refractivity contribution in [3.05, 3.63) is 23.8 Å². The molecule has 0 heterocycles. The Kier molecular flexibility index (Phi) is 4.62. The van der Waals surface area contributed by atoms with Gasteiger partial charge in [-0.2, -0.15) is 0 Å². The molecule has 1 rings (SSSR count). The molecule has 0 aliphatic carbocycles. The molecule has 0 saturated carbocycles. The van der Waals surface area contributed by atoms with Crippen molar-refractivity contribution in [3.8, 4) is 11.5 Å². The third-order valence-corrected chi connectivity index (χ3v) is 1.83. The van der Waals surface area contributed by atoms with Crippen LogP contribution < -0.4 is 9.47 Å². The molecular formula is C10H9F3O4. The van der Waals surface area contributed by atoms with E-state index in [9.17, 15) is 18.1 Å². The van der Waals surface area contributed by atoms with Crippen LogP contribution in [0, 0.1) is 0 Å². The summed E-state index contributed by atoms with van der Waals surface area (Å²) in [6.45, 7) is -0.802. The summed E-state index contributed by atoms with van der Waals surface area (Å²) in [5.41, 5.74) is -0.117. The van der Waals surface area contributed by atoms with Gasteiger partial charge in [0.2, 0.25) is 0 Å². The monoisotopic (exact) mass is 250 g/mol. The van der Waals surface area contributed by atoms with Gasteiger partial charge in [0.25, 0.3) is 6.43 Å². The van der Waals surface area contributed by atoms with E-state index in [0.29, 0.717) is 0 Å². The molecule has 0 spiro atoms. The standard InChI is InChI=1S/C10H9F3O4/c1-15-8-4-6(10(14)17-13)2-3-7(8)16-5-9(11)12/h2-4,9H,5H2,1H3. The molecule has 0 amide bonds. The second kappa shape index (κ2) is 5.97. The fourth-order valence-corrected chi connectivity index (χ4v) is 1.11. The molecule has 0 atom stereocenters. The Morgan fingerprint density at radius 2 is 2.06 bits per heavy atom. The Morgan fingerprint density at radius 1 is 1.35 bits per heavy atom. The zero-order valence-corrected chi connectivity index (χ0v) is 8.78. The molecule has 0 unspecified atom stereocenters. The normalized spacial score (nSPS) is 10.2. The molecule has 7 heteroatoms. The molecule has 1 aromatic carbocycles. The van der Waals surface area contributed by atoms with E-state index in [4.69, 9.17) is 9.47 Å². The van der Waals surface area contributed by atoms with Gasteiger partial charge in [0, 0.05) is 4.53 Å². The fourth-order valence-electron chi connectivity index (χ4n) is 1.11. The van der Waals surface area contributed by atoms with Crippen LogP contribution in [0.3, 0.4) is 0 Å². The number of carbonyl (C=O) groups is 1. The minimum absolute atomic E-state index is 0.0307. The number of alkyl halides is 2. The third kappa shape index (κ3) is 3.54. The molecule has 17 heavy (non-hydrogen) atoms. The first-order valence-corrected chi connectivity index (χ1v) is 4.50. The molecule has 1 aromatic rings. The van der Waals surface area contributed by atoms with E-state index >= 15 is 0 Å². The van der Waals surface area contributed by atoms with E-state index in [-0.39, 0.29) is 17.1 Å². The van der Waals surface area contributed by atoms with Gasteiger partial charge in [-0.25, -0.2) is 18.5 Å². The predicted molar refractivity (Wildman–Crippen MR) is 51.0 cm³/mol. The lowest BCUT2D eigenvalue weighted by Gasteiger charge is -2.10. The second-order valence-corrected chi connectivity index (χ2v) is 2.93. The van der Waals surface area contributed by atoms with E-state index in [1.165, 1.54) is 19.2 Å². The smallest absolute Gasteiger partial charge is 0.379 e. The predicted octanol–water partition coefficient (Wildman–Crippen LogP) is 2.38. The average molecular weight is 250 g/mol. The number of ether oxygens (including phenoxy) is 2. The highest BCUT2D eigenvalue weighted by Gasteiger charge is 2.14. The Bertz CT molecular complexity index is 395. The summed E-state index contributed by atoms with van der Waals surface area (Å²) in [6.07, 6.45) is -2.63. The molecule has 4 nitrogen and oxygen atoms in total. The minimum atomic E-state index is -2.63. The number of hydrogen-bond acceptors (Lipinski definition) is 4. The maximum Gasteiger partial charge on any atom is 0.379 e. The van der Waals surface area contributed by atoms with E-state index in [0.717, 1.165) is 6.07 Å². The van der Waals surface area contributed by atoms with E-state index in [1.807, 2.05) is 0 Å². The van der Waals surface area contributed by atoms with Gasteiger partial charge >= 0.3 is 5.97 Å². The van der Waals surface area contributed by atoms with Gasteiger partial charge in [0.05, 0.1) is 12.7 Å². The van der Waals surface area contributed by atoms with Crippen molar-refractivity contribution in [3.63, 3.8) is 0 Å². The molecule has 0 aliphatic rings. The van der Waals surface area contributed by atoms with Gasteiger partial charge in [-0.1, -0.05) is 0 Å². The van der Waals surface area contributed by atoms with Crippen molar-refractivity contribution in [2.24, 2.45) is 0 Å². The van der Waals surface area contributed by atoms with Crippen LogP contribution >= 0.6 is 0 Å². The molecule has 0 radical (unpaired) electrons. The summed E-state index contributed by atoms with van der Waals surface area (Å²) < 4.78 is 45.0. The Morgan fingerprint density at radius 3 is 2.59 bits per heavy atom. The Balaban J connectivity index is 2.89. The largest absolute Gasteiger partial charge is 0.493 e. The average Bonchev–Trinajstić information content (AvgIpc) is 2.34. The number of methoxy groups -OCH3 is 1. The molecule has 0 saturated heterocycles. The van der Waals surface area contributed by atoms with Crippen molar-refractivity contribution >= 4 is 5.97 Å². The van der Waals surface area contributed by atoms with Gasteiger partial charge in [-0.3, -0.25) is 0 Å². The first-order valence-electron chi connectivity index (χ1n) is 4.50. The summed E-state index contributed by atoms with van der Waals surface area (Å²) in [5.74, 6) is -1.14. The van der Waals surface area contributed by atoms with Gasteiger partial charge in [0.15, 0.2) is 11.5 Å². The lowest BCUT2D eigenvalue weighted by Crippen LogP contribution is -2.08. The molecule has 94 valence electrons. The van der Waals surface area contributed by atoms with Crippen molar-refractivity contribution in [1.82, 2.24) is 0 Å². The highest BCUT2D eigenvalue weighted by molar-refractivity contribution is 5.89. The molecule has 0 fully saturated rings. The lowest BCUT2D eigenvalue weighted by molar-refractivity contribution is -0.0788. The van der Waals surface area contributed by atoms with Crippen LogP contribution in [0.4, 0.5) is 13.3 Å². The first-order chi connectivity index (χ1) is 8.08. The number of carbonyl (C=O) groups excluding carboxylic acids is 1. The first kappa shape index (κ1) is 13.1. The highest BCUT2D eigenvalue weighted by atomic mass is 19.3. The molecule has 0 N–H and O–H groups in total. The SMILES string of the molecule is COc1cc(C(=O)OF)ccc1OCC(F)F. The van der Waals surface area contributed by atoms with Crippen LogP contribution in [-0.4, -0.2) is 26.1 Å². The Hall–Kier alpha value is -1.92. The quantitative estimate of drug-likeness (QED) is 0.804. The van der Waals surface area contributed by atoms with Crippen LogP contribution in [0.25, 0.3) is 0 Å². The highest BCUT2D eigenvalue weighted by Crippen LogP contribution is 2.28. The number of benzene rings is 1. The number of rotatable bonds is 5. The topological polar surface area (TPSA) is 44.8 Å². The number of hydrogen-bond donors (Lipinski definition) is 0. The van der Waals surface area contributed by atoms with Crippen LogP contribution in [0.2, 0.25) is 0 Å². The van der Waals surface area contributed by atoms with Crippen LogP contribution in [0.5, 0.6) is 11.5 Å². The van der Waals surface area contributed by atoms with Gasteiger partial charge in [-0.15, -0.1) is 0 Å². The summed E-state index contributed by atoms with van der Waals surface area (Å²) >= 11 is 0. The summed E-state index contributed by atoms with van der Waals surface area (Å²) in [7, 11) is 1.26. The van der Waals surface area contributed by atoms with Gasteiger partial charge < -0.3 is 9.47 Å². The van der Waals surface area contributed by atoms with Crippen molar-refractivity contribution in [1.29, 1.82) is 0 Å². The van der Waals surface area contributed by atoms with Crippen molar-refractivity contribution in [2.75, 3.05) is 13.7 Å².